The van der Waals surface area contributed by atoms with Crippen molar-refractivity contribution < 1.29 is 28.6 Å². The lowest BCUT2D eigenvalue weighted by Crippen LogP contribution is -2.33. The molecule has 1 aliphatic rings. The lowest BCUT2D eigenvalue weighted by Gasteiger charge is -2.23. The Balaban J connectivity index is 1.45. The van der Waals surface area contributed by atoms with Crippen molar-refractivity contribution in [2.24, 2.45) is 5.92 Å². The molecule has 2 heterocycles. The highest BCUT2D eigenvalue weighted by Crippen LogP contribution is 2.46. The van der Waals surface area contributed by atoms with Crippen LogP contribution in [0.1, 0.15) is 19.4 Å². The van der Waals surface area contributed by atoms with Gasteiger partial charge in [0.15, 0.2) is 11.2 Å². The molecular formula is C20H23N6O6P. The number of aromatic hydroxyl groups is 1. The second-order valence-electron chi connectivity index (χ2n) is 7.56. The van der Waals surface area contributed by atoms with Gasteiger partial charge >= 0.3 is 13.7 Å². The number of carbonyl (C=O) groups is 1. The van der Waals surface area contributed by atoms with E-state index in [0.29, 0.717) is 12.1 Å². The Morgan fingerprint density at radius 2 is 2.09 bits per heavy atom. The summed E-state index contributed by atoms with van der Waals surface area (Å²) in [5, 5.41) is 21.6. The zero-order valence-corrected chi connectivity index (χ0v) is 18.5. The van der Waals surface area contributed by atoms with Crippen molar-refractivity contribution in [3.63, 3.8) is 0 Å². The minimum atomic E-state index is -3.99. The largest absolute Gasteiger partial charge is 0.492 e. The molecule has 12 nitrogen and oxygen atoms in total. The van der Waals surface area contributed by atoms with Gasteiger partial charge < -0.3 is 25.0 Å². The molecule has 0 radical (unpaired) electrons. The number of rotatable bonds is 9. The number of carboxylic acid groups (broad SMARTS) is 1. The number of nitrogens with two attached hydrogens (primary N) is 1. The predicted molar refractivity (Wildman–Crippen MR) is 119 cm³/mol. The van der Waals surface area contributed by atoms with Gasteiger partial charge in [-0.2, -0.15) is 15.1 Å². The highest BCUT2D eigenvalue weighted by molar-refractivity contribution is 7.52. The number of anilines is 1. The van der Waals surface area contributed by atoms with Gasteiger partial charge in [-0.25, -0.2) is 9.55 Å². The highest BCUT2D eigenvalue weighted by Gasteiger charge is 2.33. The van der Waals surface area contributed by atoms with Gasteiger partial charge in [-0.3, -0.25) is 9.32 Å². The van der Waals surface area contributed by atoms with E-state index in [4.69, 9.17) is 14.8 Å². The Kier molecular flexibility index (Phi) is 6.32. The molecule has 174 valence electrons. The van der Waals surface area contributed by atoms with Crippen LogP contribution in [-0.2, 0) is 13.9 Å². The molecule has 4 rings (SSSR count). The third-order valence-electron chi connectivity index (χ3n) is 5.08. The van der Waals surface area contributed by atoms with Gasteiger partial charge in [-0.15, -0.1) is 0 Å². The molecule has 5 N–H and O–H groups in total. The van der Waals surface area contributed by atoms with Crippen LogP contribution in [0.25, 0.3) is 11.2 Å². The van der Waals surface area contributed by atoms with Crippen molar-refractivity contribution in [1.29, 1.82) is 0 Å². The lowest BCUT2D eigenvalue weighted by molar-refractivity contribution is -0.138. The van der Waals surface area contributed by atoms with Gasteiger partial charge in [0.25, 0.3) is 0 Å². The summed E-state index contributed by atoms with van der Waals surface area (Å²) >= 11 is 0. The fourth-order valence-corrected chi connectivity index (χ4v) is 4.99. The van der Waals surface area contributed by atoms with Crippen LogP contribution in [0.3, 0.4) is 0 Å². The second kappa shape index (κ2) is 9.18. The quantitative estimate of drug-likeness (QED) is 0.265. The number of imidazole rings is 1. The molecule has 0 saturated carbocycles. The second-order valence-corrected chi connectivity index (χ2v) is 9.26. The highest BCUT2D eigenvalue weighted by atomic mass is 31.2. The van der Waals surface area contributed by atoms with Crippen LogP contribution in [0.4, 0.5) is 5.95 Å². The molecule has 1 aromatic carbocycles. The molecule has 1 unspecified atom stereocenters. The third kappa shape index (κ3) is 5.14. The Labute approximate surface area is 188 Å². The smallest absolute Gasteiger partial charge is 0.459 e. The van der Waals surface area contributed by atoms with Crippen LogP contribution >= 0.6 is 7.75 Å². The van der Waals surface area contributed by atoms with E-state index in [0.717, 1.165) is 0 Å². The van der Waals surface area contributed by atoms with E-state index in [1.165, 1.54) is 13.3 Å². The Morgan fingerprint density at radius 3 is 2.82 bits per heavy atom. The summed E-state index contributed by atoms with van der Waals surface area (Å²) in [6.45, 7) is 1.37. The van der Waals surface area contributed by atoms with Crippen LogP contribution in [0.15, 0.2) is 48.8 Å². The number of para-hydroxylation sites is 1. The molecular weight excluding hydrogens is 451 g/mol. The minimum absolute atomic E-state index is 0.0193. The van der Waals surface area contributed by atoms with Crippen molar-refractivity contribution in [3.05, 3.63) is 48.8 Å². The Bertz CT molecular complexity index is 1230. The van der Waals surface area contributed by atoms with Crippen molar-refractivity contribution in [3.8, 4) is 11.6 Å². The maximum Gasteiger partial charge on any atom is 0.459 e. The summed E-state index contributed by atoms with van der Waals surface area (Å²) in [6.07, 6.45) is 5.92. The number of aliphatic carboxylic acids is 1. The maximum absolute atomic E-state index is 13.3. The SMILES string of the molecule is C[C@H](NP(=O)(OC[C@@H]1C=C[C@H](n2cnc3c(O)nc(N)nc32)C1)Oc1ccccc1)C(=O)O. The molecule has 3 aromatic rings. The first-order chi connectivity index (χ1) is 15.7. The van der Waals surface area contributed by atoms with Crippen molar-refractivity contribution in [1.82, 2.24) is 24.6 Å². The van der Waals surface area contributed by atoms with Gasteiger partial charge in [-0.1, -0.05) is 30.4 Å². The first-order valence-corrected chi connectivity index (χ1v) is 11.7. The molecule has 0 saturated heterocycles. The van der Waals surface area contributed by atoms with E-state index in [2.05, 4.69) is 20.0 Å². The summed E-state index contributed by atoms with van der Waals surface area (Å²) in [7, 11) is -3.99. The lowest BCUT2D eigenvalue weighted by atomic mass is 10.1. The topological polar surface area (TPSA) is 175 Å². The first kappa shape index (κ1) is 22.7. The van der Waals surface area contributed by atoms with E-state index >= 15 is 0 Å². The van der Waals surface area contributed by atoms with Crippen molar-refractivity contribution in [2.75, 3.05) is 12.3 Å². The molecule has 2 aromatic heterocycles. The summed E-state index contributed by atoms with van der Waals surface area (Å²) < 4.78 is 26.2. The average molecular weight is 474 g/mol. The fraction of sp³-hybridized carbons (Fsp3) is 0.300. The molecule has 1 aliphatic carbocycles. The molecule has 0 aliphatic heterocycles. The normalized spacial score (nSPS) is 20.5. The first-order valence-electron chi connectivity index (χ1n) is 10.1. The molecule has 0 fully saturated rings. The Morgan fingerprint density at radius 1 is 1.33 bits per heavy atom. The number of carboxylic acids is 1. The molecule has 4 atom stereocenters. The zero-order valence-electron chi connectivity index (χ0n) is 17.6. The fourth-order valence-electron chi connectivity index (χ4n) is 3.44. The van der Waals surface area contributed by atoms with E-state index in [-0.39, 0.29) is 41.7 Å². The van der Waals surface area contributed by atoms with E-state index in [9.17, 15) is 19.6 Å². The van der Waals surface area contributed by atoms with Crippen LogP contribution in [0, 0.1) is 5.92 Å². The summed E-state index contributed by atoms with van der Waals surface area (Å²) in [4.78, 5) is 23.3. The van der Waals surface area contributed by atoms with Gasteiger partial charge in [-0.05, 0) is 25.5 Å². The summed E-state index contributed by atoms with van der Waals surface area (Å²) in [6, 6.07) is 7.07. The van der Waals surface area contributed by atoms with Crippen LogP contribution in [0.5, 0.6) is 11.6 Å². The zero-order chi connectivity index (χ0) is 23.6. The number of hydrogen-bond donors (Lipinski definition) is 4. The number of benzene rings is 1. The maximum atomic E-state index is 13.3. The molecule has 13 heteroatoms. The summed E-state index contributed by atoms with van der Waals surface area (Å²) in [5.74, 6) is -1.41. The van der Waals surface area contributed by atoms with Crippen LogP contribution in [0.2, 0.25) is 0 Å². The Hall–Kier alpha value is -3.47. The number of nitrogens with zero attached hydrogens (tertiary/aromatic N) is 4. The average Bonchev–Trinajstić information content (AvgIpc) is 3.40. The van der Waals surface area contributed by atoms with Gasteiger partial charge in [0.1, 0.15) is 11.8 Å². The van der Waals surface area contributed by atoms with Gasteiger partial charge in [0.05, 0.1) is 19.0 Å². The number of allylic oxidation sites excluding steroid dienone is 1. The minimum Gasteiger partial charge on any atom is -0.492 e. The number of nitrogen functional groups attached to an aromatic ring is 1. The monoisotopic (exact) mass is 474 g/mol. The number of aromatic nitrogens is 4. The number of nitrogens with one attached hydrogen (secondary N) is 1. The number of hydrogen-bond acceptors (Lipinski definition) is 9. The van der Waals surface area contributed by atoms with E-state index < -0.39 is 19.8 Å². The van der Waals surface area contributed by atoms with E-state index in [1.807, 2.05) is 12.2 Å². The van der Waals surface area contributed by atoms with Gasteiger partial charge in [0.2, 0.25) is 11.8 Å². The predicted octanol–water partition coefficient (Wildman–Crippen LogP) is 2.50. The summed E-state index contributed by atoms with van der Waals surface area (Å²) in [5.41, 5.74) is 6.28. The van der Waals surface area contributed by atoms with Gasteiger partial charge in [0, 0.05) is 5.92 Å². The molecule has 0 amide bonds. The standard InChI is InChI=1S/C20H23N6O6P/c1-12(19(28)29)25-33(30,32-15-5-3-2-4-6-15)31-10-13-7-8-14(9-13)26-11-22-16-17(26)23-20(21)24-18(16)27/h2-8,11-14H,9-10H2,1H3,(H,25,30)(H,28,29)(H3,21,23,24,27)/t12-,13+,14-,33?/m0/s1. The van der Waals surface area contributed by atoms with Crippen LogP contribution in [-0.4, -0.2) is 48.4 Å². The third-order valence-corrected chi connectivity index (χ3v) is 6.72. The van der Waals surface area contributed by atoms with E-state index in [1.54, 1.807) is 34.9 Å². The van der Waals surface area contributed by atoms with Crippen molar-refractivity contribution >= 4 is 30.8 Å². The molecule has 33 heavy (non-hydrogen) atoms. The number of fused-ring (bicyclic) bond motifs is 1. The van der Waals surface area contributed by atoms with Crippen molar-refractivity contribution in [2.45, 2.75) is 25.4 Å². The molecule has 0 spiro atoms. The van der Waals surface area contributed by atoms with Crippen LogP contribution < -0.4 is 15.3 Å². The molecule has 0 bridgehead atoms.